The Morgan fingerprint density at radius 2 is 2.23 bits per heavy atom. The quantitative estimate of drug-likeness (QED) is 0.861. The lowest BCUT2D eigenvalue weighted by Crippen LogP contribution is -2.07. The molecule has 13 heavy (non-hydrogen) atoms. The monoisotopic (exact) mass is 294 g/mol. The summed E-state index contributed by atoms with van der Waals surface area (Å²) in [6, 6.07) is 0. The van der Waals surface area contributed by atoms with Crippen molar-refractivity contribution in [1.82, 2.24) is 9.78 Å². The number of rotatable bonds is 3. The maximum absolute atomic E-state index is 10.3. The van der Waals surface area contributed by atoms with Gasteiger partial charge in [0, 0.05) is 5.69 Å². The summed E-state index contributed by atoms with van der Waals surface area (Å²) >= 11 is 2.22. The zero-order valence-electron chi connectivity index (χ0n) is 7.54. The molecule has 1 N–H and O–H groups in total. The number of hydrogen-bond acceptors (Lipinski definition) is 2. The Morgan fingerprint density at radius 1 is 1.62 bits per heavy atom. The van der Waals surface area contributed by atoms with Gasteiger partial charge >= 0.3 is 5.97 Å². The minimum Gasteiger partial charge on any atom is -0.481 e. The summed E-state index contributed by atoms with van der Waals surface area (Å²) in [6.07, 6.45) is 0.123. The van der Waals surface area contributed by atoms with Gasteiger partial charge in [0.2, 0.25) is 0 Å². The lowest BCUT2D eigenvalue weighted by Gasteiger charge is -2.00. The van der Waals surface area contributed by atoms with Crippen LogP contribution in [0.1, 0.15) is 17.8 Å². The van der Waals surface area contributed by atoms with Crippen LogP contribution in [0.4, 0.5) is 0 Å². The van der Waals surface area contributed by atoms with Crippen LogP contribution in [0.5, 0.6) is 0 Å². The Balaban J connectivity index is 2.78. The molecule has 1 heterocycles. The highest BCUT2D eigenvalue weighted by Gasteiger charge is 2.08. The normalized spacial score (nSPS) is 10.4. The molecule has 0 amide bonds. The molecule has 0 spiro atoms. The van der Waals surface area contributed by atoms with Crippen LogP contribution in [0.2, 0.25) is 0 Å². The van der Waals surface area contributed by atoms with Crippen LogP contribution in [-0.4, -0.2) is 20.9 Å². The molecule has 0 unspecified atom stereocenters. The molecule has 0 aliphatic carbocycles. The smallest absolute Gasteiger partial charge is 0.305 e. The first-order valence-corrected chi connectivity index (χ1v) is 5.01. The highest BCUT2D eigenvalue weighted by molar-refractivity contribution is 14.1. The van der Waals surface area contributed by atoms with Crippen LogP contribution < -0.4 is 0 Å². The van der Waals surface area contributed by atoms with Crippen LogP contribution in [0.15, 0.2) is 0 Å². The first kappa shape index (κ1) is 10.5. The average Bonchev–Trinajstić information content (AvgIpc) is 2.29. The molecule has 0 atom stereocenters. The van der Waals surface area contributed by atoms with Crippen molar-refractivity contribution >= 4 is 28.6 Å². The van der Waals surface area contributed by atoms with Crippen LogP contribution in [0, 0.1) is 17.4 Å². The van der Waals surface area contributed by atoms with Gasteiger partial charge in [0.1, 0.15) is 0 Å². The molecule has 0 bridgehead atoms. The number of aliphatic carboxylic acids is 1. The number of hydrogen-bond donors (Lipinski definition) is 1. The van der Waals surface area contributed by atoms with Gasteiger partial charge in [-0.2, -0.15) is 5.10 Å². The molecular formula is C8H11IN2O2. The maximum atomic E-state index is 10.3. The highest BCUT2D eigenvalue weighted by atomic mass is 127. The van der Waals surface area contributed by atoms with Gasteiger partial charge < -0.3 is 5.11 Å². The molecule has 0 aliphatic rings. The van der Waals surface area contributed by atoms with E-state index in [4.69, 9.17) is 5.11 Å². The Kier molecular flexibility index (Phi) is 3.29. The fourth-order valence-corrected chi connectivity index (χ4v) is 1.48. The SMILES string of the molecule is Cc1nn(CCC(=O)O)c(C)c1I. The van der Waals surface area contributed by atoms with Crippen LogP contribution in [0.3, 0.4) is 0 Å². The van der Waals surface area contributed by atoms with Crippen molar-refractivity contribution in [3.8, 4) is 0 Å². The van der Waals surface area contributed by atoms with E-state index in [9.17, 15) is 4.79 Å². The summed E-state index contributed by atoms with van der Waals surface area (Å²) < 4.78 is 2.86. The second-order valence-electron chi connectivity index (χ2n) is 2.85. The van der Waals surface area contributed by atoms with E-state index in [1.165, 1.54) is 0 Å². The number of carboxylic acid groups (broad SMARTS) is 1. The van der Waals surface area contributed by atoms with Crippen LogP contribution in [-0.2, 0) is 11.3 Å². The molecule has 5 heteroatoms. The van der Waals surface area contributed by atoms with Gasteiger partial charge in [-0.25, -0.2) is 0 Å². The fraction of sp³-hybridized carbons (Fsp3) is 0.500. The van der Waals surface area contributed by atoms with Crippen molar-refractivity contribution in [1.29, 1.82) is 0 Å². The first-order valence-electron chi connectivity index (χ1n) is 3.93. The summed E-state index contributed by atoms with van der Waals surface area (Å²) in [5.41, 5.74) is 2.00. The van der Waals surface area contributed by atoms with Crippen molar-refractivity contribution in [3.05, 3.63) is 15.0 Å². The van der Waals surface area contributed by atoms with Crippen molar-refractivity contribution in [2.24, 2.45) is 0 Å². The summed E-state index contributed by atoms with van der Waals surface area (Å²) in [6.45, 7) is 4.32. The average molecular weight is 294 g/mol. The number of halogens is 1. The third kappa shape index (κ3) is 2.43. The summed E-state index contributed by atoms with van der Waals surface area (Å²) in [4.78, 5) is 10.3. The zero-order chi connectivity index (χ0) is 10.0. The summed E-state index contributed by atoms with van der Waals surface area (Å²) in [7, 11) is 0. The van der Waals surface area contributed by atoms with E-state index in [1.54, 1.807) is 4.68 Å². The molecule has 0 saturated heterocycles. The highest BCUT2D eigenvalue weighted by Crippen LogP contribution is 2.15. The third-order valence-electron chi connectivity index (χ3n) is 1.83. The van der Waals surface area contributed by atoms with Gasteiger partial charge in [-0.1, -0.05) is 0 Å². The van der Waals surface area contributed by atoms with Crippen molar-refractivity contribution < 1.29 is 9.90 Å². The van der Waals surface area contributed by atoms with Gasteiger partial charge in [-0.05, 0) is 36.4 Å². The molecular weight excluding hydrogens is 283 g/mol. The number of carbonyl (C=O) groups is 1. The Hall–Kier alpha value is -0.590. The van der Waals surface area contributed by atoms with Gasteiger partial charge in [-0.15, -0.1) is 0 Å². The number of aromatic nitrogens is 2. The van der Waals surface area contributed by atoms with E-state index in [0.717, 1.165) is 15.0 Å². The van der Waals surface area contributed by atoms with Crippen molar-refractivity contribution in [2.45, 2.75) is 26.8 Å². The van der Waals surface area contributed by atoms with Gasteiger partial charge in [0.25, 0.3) is 0 Å². The number of aryl methyl sites for hydroxylation is 2. The van der Waals surface area contributed by atoms with Gasteiger partial charge in [0.15, 0.2) is 0 Å². The largest absolute Gasteiger partial charge is 0.481 e. The predicted molar refractivity (Wildman–Crippen MR) is 56.7 cm³/mol. The Morgan fingerprint density at radius 3 is 2.62 bits per heavy atom. The van der Waals surface area contributed by atoms with Crippen LogP contribution >= 0.6 is 22.6 Å². The molecule has 1 rings (SSSR count). The van der Waals surface area contributed by atoms with E-state index < -0.39 is 5.97 Å². The van der Waals surface area contributed by atoms with Gasteiger partial charge in [-0.3, -0.25) is 9.48 Å². The third-order valence-corrected chi connectivity index (χ3v) is 3.39. The first-order chi connectivity index (χ1) is 6.02. The van der Waals surface area contributed by atoms with Gasteiger partial charge in [0.05, 0.1) is 22.2 Å². The standard InChI is InChI=1S/C8H11IN2O2/c1-5-8(9)6(2)11(10-5)4-3-7(12)13/h3-4H2,1-2H3,(H,12,13). The lowest BCUT2D eigenvalue weighted by atomic mass is 10.4. The van der Waals surface area contributed by atoms with E-state index in [1.807, 2.05) is 13.8 Å². The second kappa shape index (κ2) is 4.08. The molecule has 72 valence electrons. The van der Waals surface area contributed by atoms with Crippen LogP contribution in [0.25, 0.3) is 0 Å². The lowest BCUT2D eigenvalue weighted by molar-refractivity contribution is -0.137. The molecule has 0 saturated carbocycles. The fourth-order valence-electron chi connectivity index (χ4n) is 1.09. The van der Waals surface area contributed by atoms with E-state index >= 15 is 0 Å². The minimum atomic E-state index is -0.789. The Bertz CT molecular complexity index is 333. The molecule has 0 aliphatic heterocycles. The predicted octanol–water partition coefficient (Wildman–Crippen LogP) is 1.58. The maximum Gasteiger partial charge on any atom is 0.305 e. The number of nitrogens with zero attached hydrogens (tertiary/aromatic N) is 2. The van der Waals surface area contributed by atoms with Crippen molar-refractivity contribution in [3.63, 3.8) is 0 Å². The molecule has 0 radical (unpaired) electrons. The molecule has 0 fully saturated rings. The molecule has 4 nitrogen and oxygen atoms in total. The van der Waals surface area contributed by atoms with E-state index in [2.05, 4.69) is 27.7 Å². The summed E-state index contributed by atoms with van der Waals surface area (Å²) in [5, 5.41) is 12.7. The zero-order valence-corrected chi connectivity index (χ0v) is 9.70. The topological polar surface area (TPSA) is 55.1 Å². The molecule has 1 aromatic rings. The number of carboxylic acids is 1. The van der Waals surface area contributed by atoms with Crippen molar-refractivity contribution in [2.75, 3.05) is 0 Å². The summed E-state index contributed by atoms with van der Waals surface area (Å²) in [5.74, 6) is -0.789. The van der Waals surface area contributed by atoms with E-state index in [0.29, 0.717) is 6.54 Å². The molecule has 0 aromatic carbocycles. The molecule has 1 aromatic heterocycles. The van der Waals surface area contributed by atoms with E-state index in [-0.39, 0.29) is 6.42 Å². The Labute approximate surface area is 90.1 Å². The minimum absolute atomic E-state index is 0.123. The second-order valence-corrected chi connectivity index (χ2v) is 3.93.